The lowest BCUT2D eigenvalue weighted by Crippen LogP contribution is -2.47. The average Bonchev–Trinajstić information content (AvgIpc) is 2.91. The topological polar surface area (TPSA) is 60.8 Å². The van der Waals surface area contributed by atoms with Crippen LogP contribution in [0.2, 0.25) is 0 Å². The van der Waals surface area contributed by atoms with E-state index in [0.29, 0.717) is 16.7 Å². The summed E-state index contributed by atoms with van der Waals surface area (Å²) >= 11 is 0. The number of hydrogen-bond donors (Lipinski definition) is 2. The standard InChI is InChI=1S/C23H21NO3/c25-21(18-11-5-2-6-12-18)16-24-22(26)19-13-7-8-14-20(19)23(24,27)15-17-9-3-1-4-10-17/h1-14,21,25,27H,15-16H2/t21-,23+/m0/s1. The van der Waals surface area contributed by atoms with Gasteiger partial charge in [-0.15, -0.1) is 0 Å². The van der Waals surface area contributed by atoms with Gasteiger partial charge in [-0.25, -0.2) is 0 Å². The van der Waals surface area contributed by atoms with Crippen LogP contribution in [-0.4, -0.2) is 27.6 Å². The van der Waals surface area contributed by atoms with Crippen LogP contribution in [0.3, 0.4) is 0 Å². The second kappa shape index (κ2) is 6.99. The van der Waals surface area contributed by atoms with Gasteiger partial charge >= 0.3 is 0 Å². The first-order valence-corrected chi connectivity index (χ1v) is 9.00. The maximum atomic E-state index is 13.0. The molecule has 1 heterocycles. The van der Waals surface area contributed by atoms with Crippen molar-refractivity contribution in [1.82, 2.24) is 4.90 Å². The highest BCUT2D eigenvalue weighted by Gasteiger charge is 2.48. The summed E-state index contributed by atoms with van der Waals surface area (Å²) in [4.78, 5) is 14.4. The van der Waals surface area contributed by atoms with Crippen LogP contribution in [0.1, 0.15) is 33.2 Å². The van der Waals surface area contributed by atoms with Crippen molar-refractivity contribution >= 4 is 5.91 Å². The third kappa shape index (κ3) is 3.14. The molecule has 0 bridgehead atoms. The van der Waals surface area contributed by atoms with E-state index < -0.39 is 11.8 Å². The van der Waals surface area contributed by atoms with Crippen LogP contribution in [0.15, 0.2) is 84.9 Å². The van der Waals surface area contributed by atoms with Crippen LogP contribution in [0.25, 0.3) is 0 Å². The number of β-amino-alcohol motifs (C(OH)–C–C–N with tert-alkyl or cyclic N) is 1. The van der Waals surface area contributed by atoms with Crippen LogP contribution >= 0.6 is 0 Å². The molecule has 0 saturated heterocycles. The van der Waals surface area contributed by atoms with Gasteiger partial charge in [0.2, 0.25) is 0 Å². The smallest absolute Gasteiger partial charge is 0.256 e. The van der Waals surface area contributed by atoms with Crippen LogP contribution in [0, 0.1) is 0 Å². The summed E-state index contributed by atoms with van der Waals surface area (Å²) in [5.74, 6) is -0.265. The summed E-state index contributed by atoms with van der Waals surface area (Å²) in [6, 6.07) is 25.9. The molecule has 0 spiro atoms. The van der Waals surface area contributed by atoms with Gasteiger partial charge in [0.15, 0.2) is 5.72 Å². The number of aliphatic hydroxyl groups is 2. The number of nitrogens with zero attached hydrogens (tertiary/aromatic N) is 1. The molecule has 4 heteroatoms. The van der Waals surface area contributed by atoms with Gasteiger partial charge in [-0.3, -0.25) is 4.79 Å². The Balaban J connectivity index is 1.71. The molecule has 136 valence electrons. The van der Waals surface area contributed by atoms with Crippen molar-refractivity contribution in [2.24, 2.45) is 0 Å². The Labute approximate surface area is 158 Å². The molecular formula is C23H21NO3. The minimum atomic E-state index is -1.50. The van der Waals surface area contributed by atoms with Gasteiger partial charge in [-0.1, -0.05) is 78.9 Å². The lowest BCUT2D eigenvalue weighted by Gasteiger charge is -2.36. The number of hydrogen-bond acceptors (Lipinski definition) is 3. The Kier molecular flexibility index (Phi) is 4.52. The second-order valence-electron chi connectivity index (χ2n) is 6.87. The minimum Gasteiger partial charge on any atom is -0.387 e. The predicted molar refractivity (Wildman–Crippen MR) is 103 cm³/mol. The van der Waals surface area contributed by atoms with Crippen LogP contribution < -0.4 is 0 Å². The number of carbonyl (C=O) groups excluding carboxylic acids is 1. The molecule has 0 radical (unpaired) electrons. The minimum absolute atomic E-state index is 0.0147. The number of carbonyl (C=O) groups is 1. The van der Waals surface area contributed by atoms with E-state index in [0.717, 1.165) is 5.56 Å². The van der Waals surface area contributed by atoms with E-state index in [-0.39, 0.29) is 18.9 Å². The van der Waals surface area contributed by atoms with E-state index in [1.807, 2.05) is 66.7 Å². The fourth-order valence-corrected chi connectivity index (χ4v) is 3.74. The van der Waals surface area contributed by atoms with Crippen LogP contribution in [-0.2, 0) is 12.1 Å². The Bertz CT molecular complexity index is 942. The molecular weight excluding hydrogens is 338 g/mol. The van der Waals surface area contributed by atoms with Crippen molar-refractivity contribution in [2.45, 2.75) is 18.2 Å². The third-order valence-corrected chi connectivity index (χ3v) is 5.11. The van der Waals surface area contributed by atoms with Crippen molar-refractivity contribution in [3.63, 3.8) is 0 Å². The quantitative estimate of drug-likeness (QED) is 0.735. The summed E-state index contributed by atoms with van der Waals surface area (Å²) < 4.78 is 0. The molecule has 27 heavy (non-hydrogen) atoms. The van der Waals surface area contributed by atoms with E-state index in [9.17, 15) is 15.0 Å². The van der Waals surface area contributed by atoms with Crippen molar-refractivity contribution in [3.05, 3.63) is 107 Å². The Hall–Kier alpha value is -2.95. The highest BCUT2D eigenvalue weighted by molar-refractivity contribution is 5.99. The first-order chi connectivity index (χ1) is 13.1. The first-order valence-electron chi connectivity index (χ1n) is 9.00. The van der Waals surface area contributed by atoms with Gasteiger partial charge in [-0.05, 0) is 17.2 Å². The number of amides is 1. The molecule has 1 aliphatic rings. The fourth-order valence-electron chi connectivity index (χ4n) is 3.74. The summed E-state index contributed by atoms with van der Waals surface area (Å²) in [7, 11) is 0. The van der Waals surface area contributed by atoms with Crippen molar-refractivity contribution < 1.29 is 15.0 Å². The second-order valence-corrected chi connectivity index (χ2v) is 6.87. The number of benzene rings is 3. The molecule has 4 nitrogen and oxygen atoms in total. The van der Waals surface area contributed by atoms with Gasteiger partial charge in [0, 0.05) is 17.5 Å². The fraction of sp³-hybridized carbons (Fsp3) is 0.174. The van der Waals surface area contributed by atoms with Gasteiger partial charge in [0.25, 0.3) is 5.91 Å². The molecule has 0 aliphatic carbocycles. The molecule has 0 fully saturated rings. The highest BCUT2D eigenvalue weighted by Crippen LogP contribution is 2.40. The third-order valence-electron chi connectivity index (χ3n) is 5.11. The first kappa shape index (κ1) is 17.5. The molecule has 0 saturated carbocycles. The van der Waals surface area contributed by atoms with E-state index in [1.54, 1.807) is 18.2 Å². The van der Waals surface area contributed by atoms with Crippen molar-refractivity contribution in [3.8, 4) is 0 Å². The SMILES string of the molecule is O=C1c2ccccc2[C@](O)(Cc2ccccc2)N1C[C@H](O)c1ccccc1. The van der Waals surface area contributed by atoms with Crippen LogP contribution in [0.5, 0.6) is 0 Å². The van der Waals surface area contributed by atoms with E-state index >= 15 is 0 Å². The Morgan fingerprint density at radius 3 is 2.15 bits per heavy atom. The highest BCUT2D eigenvalue weighted by atomic mass is 16.3. The molecule has 1 aliphatic heterocycles. The molecule has 0 unspecified atom stereocenters. The zero-order valence-electron chi connectivity index (χ0n) is 14.8. The van der Waals surface area contributed by atoms with Crippen molar-refractivity contribution in [2.75, 3.05) is 6.54 Å². The monoisotopic (exact) mass is 359 g/mol. The molecule has 2 atom stereocenters. The molecule has 4 rings (SSSR count). The van der Waals surface area contributed by atoms with Gasteiger partial charge in [0.1, 0.15) is 0 Å². The Morgan fingerprint density at radius 1 is 0.852 bits per heavy atom. The predicted octanol–water partition coefficient (Wildman–Crippen LogP) is 3.26. The molecule has 3 aromatic rings. The van der Waals surface area contributed by atoms with Gasteiger partial charge in [0.05, 0.1) is 12.6 Å². The number of fused-ring (bicyclic) bond motifs is 1. The zero-order valence-corrected chi connectivity index (χ0v) is 14.8. The summed E-state index contributed by atoms with van der Waals surface area (Å²) in [5, 5.41) is 22.3. The maximum Gasteiger partial charge on any atom is 0.256 e. The maximum absolute atomic E-state index is 13.0. The van der Waals surface area contributed by atoms with E-state index in [4.69, 9.17) is 0 Å². The van der Waals surface area contributed by atoms with Crippen molar-refractivity contribution in [1.29, 1.82) is 0 Å². The van der Waals surface area contributed by atoms with Gasteiger partial charge < -0.3 is 15.1 Å². The Morgan fingerprint density at radius 2 is 1.44 bits per heavy atom. The largest absolute Gasteiger partial charge is 0.387 e. The average molecular weight is 359 g/mol. The van der Waals surface area contributed by atoms with E-state index in [2.05, 4.69) is 0 Å². The number of aliphatic hydroxyl groups excluding tert-OH is 1. The summed E-state index contributed by atoms with van der Waals surface area (Å²) in [6.45, 7) is 0.0147. The zero-order chi connectivity index (χ0) is 18.9. The molecule has 1 amide bonds. The van der Waals surface area contributed by atoms with Crippen LogP contribution in [0.4, 0.5) is 0 Å². The molecule has 2 N–H and O–H groups in total. The lowest BCUT2D eigenvalue weighted by molar-refractivity contribution is -0.0962. The molecule has 0 aromatic heterocycles. The molecule has 3 aromatic carbocycles. The van der Waals surface area contributed by atoms with Gasteiger partial charge in [-0.2, -0.15) is 0 Å². The lowest BCUT2D eigenvalue weighted by atomic mass is 9.94. The number of rotatable bonds is 5. The van der Waals surface area contributed by atoms with E-state index in [1.165, 1.54) is 4.90 Å². The summed E-state index contributed by atoms with van der Waals surface area (Å²) in [5.41, 5.74) is 1.20. The normalized spacial score (nSPS) is 19.8. The summed E-state index contributed by atoms with van der Waals surface area (Å²) in [6.07, 6.45) is -0.621.